The number of fused-ring (bicyclic) bond motifs is 1. The Kier molecular flexibility index (Phi) is 4.32. The zero-order valence-corrected chi connectivity index (χ0v) is 13.5. The van der Waals surface area contributed by atoms with Crippen LogP contribution in [-0.2, 0) is 12.7 Å². The van der Waals surface area contributed by atoms with Crippen LogP contribution in [-0.4, -0.2) is 20.0 Å². The average molecular weight is 350 g/mol. The highest BCUT2D eigenvalue weighted by Gasteiger charge is 2.34. The summed E-state index contributed by atoms with van der Waals surface area (Å²) in [7, 11) is 0. The van der Waals surface area contributed by atoms with E-state index < -0.39 is 11.7 Å². The summed E-state index contributed by atoms with van der Waals surface area (Å²) >= 11 is 0. The number of unbranched alkanes of at least 4 members (excludes halogenated alkanes) is 1. The van der Waals surface area contributed by atoms with Gasteiger partial charge in [0.2, 0.25) is 0 Å². The van der Waals surface area contributed by atoms with Crippen LogP contribution in [0.3, 0.4) is 0 Å². The number of halogens is 3. The van der Waals surface area contributed by atoms with E-state index in [9.17, 15) is 23.4 Å². The largest absolute Gasteiger partial charge is 0.508 e. The van der Waals surface area contributed by atoms with E-state index >= 15 is 0 Å². The number of phenolic OH excluding ortho intramolecular Hbond substituents is 2. The molecule has 0 saturated heterocycles. The van der Waals surface area contributed by atoms with Crippen molar-refractivity contribution in [1.29, 1.82) is 0 Å². The standard InChI is InChI=1S/C18H17F3N2O2/c1-2-3-9-23-17(12-8-7-11(24)10-15(12)25)13-5-4-6-14(16(13)22-23)18(19,20)21/h4-8,10,24-25H,2-3,9H2,1H3. The van der Waals surface area contributed by atoms with E-state index in [4.69, 9.17) is 0 Å². The average Bonchev–Trinajstić information content (AvgIpc) is 2.90. The lowest BCUT2D eigenvalue weighted by molar-refractivity contribution is -0.136. The van der Waals surface area contributed by atoms with Crippen molar-refractivity contribution in [2.24, 2.45) is 0 Å². The quantitative estimate of drug-likeness (QED) is 0.701. The molecule has 0 spiro atoms. The maximum atomic E-state index is 13.3. The van der Waals surface area contributed by atoms with Crippen molar-refractivity contribution in [3.05, 3.63) is 42.0 Å². The number of hydrogen-bond donors (Lipinski definition) is 2. The number of rotatable bonds is 4. The fraction of sp³-hybridized carbons (Fsp3) is 0.278. The van der Waals surface area contributed by atoms with Gasteiger partial charge in [0.05, 0.1) is 11.3 Å². The SMILES string of the molecule is CCCCn1nc2c(C(F)(F)F)cccc2c1-c1ccc(O)cc1O. The van der Waals surface area contributed by atoms with Crippen LogP contribution in [0.4, 0.5) is 13.2 Å². The summed E-state index contributed by atoms with van der Waals surface area (Å²) in [6.45, 7) is 2.40. The molecule has 0 bridgehead atoms. The van der Waals surface area contributed by atoms with Crippen LogP contribution in [0.5, 0.6) is 11.5 Å². The van der Waals surface area contributed by atoms with Gasteiger partial charge in [-0.1, -0.05) is 25.5 Å². The summed E-state index contributed by atoms with van der Waals surface area (Å²) in [6, 6.07) is 7.90. The second-order valence-corrected chi connectivity index (χ2v) is 5.83. The summed E-state index contributed by atoms with van der Waals surface area (Å²) in [6.07, 6.45) is -2.93. The fourth-order valence-electron chi connectivity index (χ4n) is 2.85. The Hall–Kier alpha value is -2.70. The van der Waals surface area contributed by atoms with Crippen molar-refractivity contribution >= 4 is 10.9 Å². The predicted molar refractivity (Wildman–Crippen MR) is 88.4 cm³/mol. The van der Waals surface area contributed by atoms with Crippen molar-refractivity contribution < 1.29 is 23.4 Å². The summed E-state index contributed by atoms with van der Waals surface area (Å²) in [5.74, 6) is -0.335. The minimum Gasteiger partial charge on any atom is -0.508 e. The zero-order valence-electron chi connectivity index (χ0n) is 13.5. The van der Waals surface area contributed by atoms with E-state index in [0.29, 0.717) is 23.2 Å². The third-order valence-electron chi connectivity index (χ3n) is 4.04. The van der Waals surface area contributed by atoms with Gasteiger partial charge in [0, 0.05) is 23.6 Å². The number of aryl methyl sites for hydroxylation is 1. The number of aromatic hydroxyl groups is 2. The van der Waals surface area contributed by atoms with E-state index in [-0.39, 0.29) is 17.0 Å². The molecule has 0 fully saturated rings. The number of phenols is 2. The van der Waals surface area contributed by atoms with E-state index in [2.05, 4.69) is 5.10 Å². The molecule has 3 rings (SSSR count). The molecule has 0 unspecified atom stereocenters. The maximum Gasteiger partial charge on any atom is 0.418 e. The maximum absolute atomic E-state index is 13.3. The molecule has 132 valence electrons. The monoisotopic (exact) mass is 350 g/mol. The molecular weight excluding hydrogens is 333 g/mol. The first-order chi connectivity index (χ1) is 11.8. The highest BCUT2D eigenvalue weighted by atomic mass is 19.4. The summed E-state index contributed by atoms with van der Waals surface area (Å²) in [5, 5.41) is 24.1. The normalized spacial score (nSPS) is 12.0. The summed E-state index contributed by atoms with van der Waals surface area (Å²) < 4.78 is 41.4. The first kappa shape index (κ1) is 17.1. The second-order valence-electron chi connectivity index (χ2n) is 5.83. The molecule has 1 aromatic heterocycles. The lowest BCUT2D eigenvalue weighted by Gasteiger charge is -2.09. The Morgan fingerprint density at radius 1 is 1.12 bits per heavy atom. The number of nitrogens with zero attached hydrogens (tertiary/aromatic N) is 2. The first-order valence-corrected chi connectivity index (χ1v) is 7.92. The van der Waals surface area contributed by atoms with Crippen LogP contribution in [0.25, 0.3) is 22.2 Å². The van der Waals surface area contributed by atoms with E-state index in [1.807, 2.05) is 6.92 Å². The first-order valence-electron chi connectivity index (χ1n) is 7.92. The smallest absolute Gasteiger partial charge is 0.418 e. The van der Waals surface area contributed by atoms with Gasteiger partial charge in [0.1, 0.15) is 17.0 Å². The second kappa shape index (κ2) is 6.31. The molecule has 0 aliphatic heterocycles. The Bertz CT molecular complexity index is 917. The molecule has 7 heteroatoms. The molecule has 3 aromatic rings. The predicted octanol–water partition coefficient (Wildman–Crippen LogP) is 4.93. The van der Waals surface area contributed by atoms with Crippen LogP contribution < -0.4 is 0 Å². The molecule has 0 radical (unpaired) electrons. The van der Waals surface area contributed by atoms with E-state index in [1.165, 1.54) is 22.9 Å². The Morgan fingerprint density at radius 3 is 2.52 bits per heavy atom. The molecule has 0 amide bonds. The Morgan fingerprint density at radius 2 is 1.88 bits per heavy atom. The van der Waals surface area contributed by atoms with Crippen LogP contribution in [0.1, 0.15) is 25.3 Å². The highest BCUT2D eigenvalue weighted by Crippen LogP contribution is 2.40. The van der Waals surface area contributed by atoms with E-state index in [0.717, 1.165) is 25.0 Å². The molecule has 2 aromatic carbocycles. The molecule has 0 aliphatic rings. The number of alkyl halides is 3. The van der Waals surface area contributed by atoms with Gasteiger partial charge in [-0.2, -0.15) is 18.3 Å². The lowest BCUT2D eigenvalue weighted by atomic mass is 10.0. The van der Waals surface area contributed by atoms with Gasteiger partial charge in [-0.25, -0.2) is 0 Å². The van der Waals surface area contributed by atoms with Crippen LogP contribution >= 0.6 is 0 Å². The van der Waals surface area contributed by atoms with Gasteiger partial charge in [0.25, 0.3) is 0 Å². The molecule has 0 atom stereocenters. The zero-order chi connectivity index (χ0) is 18.2. The van der Waals surface area contributed by atoms with Crippen molar-refractivity contribution in [3.8, 4) is 22.8 Å². The van der Waals surface area contributed by atoms with E-state index in [1.54, 1.807) is 6.07 Å². The Labute approximate surface area is 142 Å². The van der Waals surface area contributed by atoms with Gasteiger partial charge >= 0.3 is 6.18 Å². The minimum atomic E-state index is -4.52. The van der Waals surface area contributed by atoms with Crippen molar-refractivity contribution in [1.82, 2.24) is 9.78 Å². The number of hydrogen-bond acceptors (Lipinski definition) is 3. The molecule has 2 N–H and O–H groups in total. The summed E-state index contributed by atoms with van der Waals surface area (Å²) in [5.41, 5.74) is -0.212. The van der Waals surface area contributed by atoms with Crippen molar-refractivity contribution in [2.75, 3.05) is 0 Å². The molecule has 0 aliphatic carbocycles. The van der Waals surface area contributed by atoms with Gasteiger partial charge < -0.3 is 10.2 Å². The van der Waals surface area contributed by atoms with Crippen LogP contribution in [0.15, 0.2) is 36.4 Å². The van der Waals surface area contributed by atoms with Gasteiger partial charge in [0.15, 0.2) is 0 Å². The summed E-state index contributed by atoms with van der Waals surface area (Å²) in [4.78, 5) is 0. The Balaban J connectivity index is 2.31. The third-order valence-corrected chi connectivity index (χ3v) is 4.04. The minimum absolute atomic E-state index is 0.124. The molecule has 0 saturated carbocycles. The lowest BCUT2D eigenvalue weighted by Crippen LogP contribution is -2.06. The highest BCUT2D eigenvalue weighted by molar-refractivity contribution is 5.96. The van der Waals surface area contributed by atoms with Crippen LogP contribution in [0, 0.1) is 0 Å². The topological polar surface area (TPSA) is 58.3 Å². The van der Waals surface area contributed by atoms with Gasteiger partial charge in [-0.3, -0.25) is 4.68 Å². The van der Waals surface area contributed by atoms with Crippen molar-refractivity contribution in [2.45, 2.75) is 32.5 Å². The number of benzene rings is 2. The third kappa shape index (κ3) is 3.14. The fourth-order valence-corrected chi connectivity index (χ4v) is 2.85. The molecule has 25 heavy (non-hydrogen) atoms. The molecular formula is C18H17F3N2O2. The van der Waals surface area contributed by atoms with Gasteiger partial charge in [-0.05, 0) is 24.6 Å². The molecule has 1 heterocycles. The van der Waals surface area contributed by atoms with Crippen LogP contribution in [0.2, 0.25) is 0 Å². The van der Waals surface area contributed by atoms with Gasteiger partial charge in [-0.15, -0.1) is 0 Å². The van der Waals surface area contributed by atoms with Crippen molar-refractivity contribution in [3.63, 3.8) is 0 Å². The molecule has 4 nitrogen and oxygen atoms in total. The number of aromatic nitrogens is 2.